The summed E-state index contributed by atoms with van der Waals surface area (Å²) in [5.41, 5.74) is 3.64. The summed E-state index contributed by atoms with van der Waals surface area (Å²) in [4.78, 5) is 8.48. The molecule has 1 saturated heterocycles. The molecule has 1 aliphatic heterocycles. The first-order valence-electron chi connectivity index (χ1n) is 5.25. The number of hydrazine groups is 1. The molecule has 0 aromatic carbocycles. The third-order valence-corrected chi connectivity index (χ3v) is 3.98. The Morgan fingerprint density at radius 1 is 1.56 bits per heavy atom. The van der Waals surface area contributed by atoms with Gasteiger partial charge >= 0.3 is 0 Å². The van der Waals surface area contributed by atoms with Gasteiger partial charge in [0.05, 0.1) is 13.2 Å². The number of nitrogens with one attached hydrogen (secondary N) is 1. The number of thioether (sulfide) groups is 1. The van der Waals surface area contributed by atoms with Gasteiger partial charge in [0, 0.05) is 12.4 Å². The molecule has 1 aromatic rings. The van der Waals surface area contributed by atoms with Gasteiger partial charge in [-0.25, -0.2) is 4.98 Å². The maximum absolute atomic E-state index is 5.63. The summed E-state index contributed by atoms with van der Waals surface area (Å²) in [5, 5.41) is 0. The Bertz CT molecular complexity index is 343. The normalized spacial score (nSPS) is 22.0. The van der Waals surface area contributed by atoms with Crippen LogP contribution in [0, 0.1) is 5.92 Å². The molecule has 0 aliphatic carbocycles. The Hall–Kier alpha value is -0.850. The van der Waals surface area contributed by atoms with E-state index in [0.29, 0.717) is 11.8 Å². The molecular formula is C10H16N4OS. The van der Waals surface area contributed by atoms with Crippen molar-refractivity contribution in [3.05, 3.63) is 18.1 Å². The Labute approximate surface area is 99.2 Å². The molecule has 0 amide bonds. The quantitative estimate of drug-likeness (QED) is 0.597. The molecule has 0 saturated carbocycles. The van der Waals surface area contributed by atoms with Gasteiger partial charge in [-0.15, -0.1) is 0 Å². The molecule has 5 nitrogen and oxygen atoms in total. The highest BCUT2D eigenvalue weighted by molar-refractivity contribution is 7.99. The molecule has 1 fully saturated rings. The minimum absolute atomic E-state index is 0.0265. The maximum Gasteiger partial charge on any atom is 0.237 e. The van der Waals surface area contributed by atoms with E-state index < -0.39 is 0 Å². The first kappa shape index (κ1) is 11.6. The van der Waals surface area contributed by atoms with Crippen LogP contribution < -0.4 is 16.0 Å². The summed E-state index contributed by atoms with van der Waals surface area (Å²) < 4.78 is 5.21. The van der Waals surface area contributed by atoms with Crippen molar-refractivity contribution >= 4 is 11.8 Å². The molecule has 6 heteroatoms. The fourth-order valence-electron chi connectivity index (χ4n) is 1.96. The zero-order valence-corrected chi connectivity index (χ0v) is 10.0. The van der Waals surface area contributed by atoms with Crippen molar-refractivity contribution in [2.24, 2.45) is 11.8 Å². The maximum atomic E-state index is 5.63. The SMILES string of the molecule is COc1nccnc1C(NN)C1CCSC1. The number of nitrogens with zero attached hydrogens (tertiary/aromatic N) is 2. The molecule has 0 spiro atoms. The number of hydrogen-bond acceptors (Lipinski definition) is 6. The largest absolute Gasteiger partial charge is 0.480 e. The van der Waals surface area contributed by atoms with Crippen LogP contribution in [0.4, 0.5) is 0 Å². The molecule has 88 valence electrons. The standard InChI is InChI=1S/C10H16N4OS/c1-15-10-9(12-3-4-13-10)8(14-11)7-2-5-16-6-7/h3-4,7-8,14H,2,5-6,11H2,1H3. The number of rotatable bonds is 4. The number of nitrogens with two attached hydrogens (primary N) is 1. The van der Waals surface area contributed by atoms with Gasteiger partial charge in [-0.2, -0.15) is 11.8 Å². The van der Waals surface area contributed by atoms with Gasteiger partial charge in [0.15, 0.2) is 0 Å². The van der Waals surface area contributed by atoms with E-state index in [4.69, 9.17) is 10.6 Å². The smallest absolute Gasteiger partial charge is 0.237 e. The molecule has 3 N–H and O–H groups in total. The van der Waals surface area contributed by atoms with Crippen LogP contribution in [0.1, 0.15) is 18.2 Å². The number of aromatic nitrogens is 2. The van der Waals surface area contributed by atoms with Crippen molar-refractivity contribution in [2.45, 2.75) is 12.5 Å². The summed E-state index contributed by atoms with van der Waals surface area (Å²) in [6.07, 6.45) is 4.45. The van der Waals surface area contributed by atoms with Crippen molar-refractivity contribution in [1.29, 1.82) is 0 Å². The highest BCUT2D eigenvalue weighted by Crippen LogP contribution is 2.35. The lowest BCUT2D eigenvalue weighted by Gasteiger charge is -2.22. The van der Waals surface area contributed by atoms with E-state index >= 15 is 0 Å². The van der Waals surface area contributed by atoms with Crippen molar-refractivity contribution in [3.63, 3.8) is 0 Å². The zero-order chi connectivity index (χ0) is 11.4. The van der Waals surface area contributed by atoms with Gasteiger partial charge in [0.25, 0.3) is 0 Å². The fourth-order valence-corrected chi connectivity index (χ4v) is 3.26. The highest BCUT2D eigenvalue weighted by Gasteiger charge is 2.29. The van der Waals surface area contributed by atoms with Gasteiger partial charge in [0.1, 0.15) is 5.69 Å². The third kappa shape index (κ3) is 2.28. The van der Waals surface area contributed by atoms with Gasteiger partial charge in [-0.1, -0.05) is 0 Å². The lowest BCUT2D eigenvalue weighted by Crippen LogP contribution is -2.34. The van der Waals surface area contributed by atoms with Crippen LogP contribution in [0.5, 0.6) is 5.88 Å². The van der Waals surface area contributed by atoms with Crippen LogP contribution >= 0.6 is 11.8 Å². The zero-order valence-electron chi connectivity index (χ0n) is 9.22. The second-order valence-corrected chi connectivity index (χ2v) is 4.87. The molecule has 2 atom stereocenters. The average molecular weight is 240 g/mol. The second kappa shape index (κ2) is 5.47. The molecule has 0 bridgehead atoms. The lowest BCUT2D eigenvalue weighted by atomic mass is 9.97. The van der Waals surface area contributed by atoms with Crippen molar-refractivity contribution < 1.29 is 4.74 Å². The summed E-state index contributed by atoms with van der Waals surface area (Å²) in [6, 6.07) is 0.0265. The fraction of sp³-hybridized carbons (Fsp3) is 0.600. The summed E-state index contributed by atoms with van der Waals surface area (Å²) in [6.45, 7) is 0. The predicted molar refractivity (Wildman–Crippen MR) is 64.1 cm³/mol. The van der Waals surface area contributed by atoms with Crippen molar-refractivity contribution in [1.82, 2.24) is 15.4 Å². The van der Waals surface area contributed by atoms with E-state index in [1.54, 1.807) is 19.5 Å². The van der Waals surface area contributed by atoms with Crippen molar-refractivity contribution in [2.75, 3.05) is 18.6 Å². The van der Waals surface area contributed by atoms with E-state index in [2.05, 4.69) is 15.4 Å². The Morgan fingerprint density at radius 2 is 2.38 bits per heavy atom. The van der Waals surface area contributed by atoms with E-state index in [1.807, 2.05) is 11.8 Å². The number of ether oxygens (including phenoxy) is 1. The molecule has 2 rings (SSSR count). The first-order chi connectivity index (χ1) is 7.86. The number of methoxy groups -OCH3 is 1. The summed E-state index contributed by atoms with van der Waals surface area (Å²) in [5.74, 6) is 8.98. The molecule has 2 heterocycles. The molecule has 16 heavy (non-hydrogen) atoms. The van der Waals surface area contributed by atoms with E-state index in [-0.39, 0.29) is 6.04 Å². The van der Waals surface area contributed by atoms with Crippen LogP contribution in [0.25, 0.3) is 0 Å². The predicted octanol–water partition coefficient (Wildman–Crippen LogP) is 0.743. The lowest BCUT2D eigenvalue weighted by molar-refractivity contribution is 0.346. The second-order valence-electron chi connectivity index (χ2n) is 3.72. The molecular weight excluding hydrogens is 224 g/mol. The van der Waals surface area contributed by atoms with Crippen LogP contribution in [-0.4, -0.2) is 28.6 Å². The van der Waals surface area contributed by atoms with Crippen LogP contribution in [-0.2, 0) is 0 Å². The summed E-state index contributed by atoms with van der Waals surface area (Å²) in [7, 11) is 1.60. The summed E-state index contributed by atoms with van der Waals surface area (Å²) >= 11 is 1.95. The molecule has 1 aromatic heterocycles. The topological polar surface area (TPSA) is 73.1 Å². The monoisotopic (exact) mass is 240 g/mol. The minimum Gasteiger partial charge on any atom is -0.480 e. The van der Waals surface area contributed by atoms with Gasteiger partial charge in [-0.05, 0) is 23.8 Å². The first-order valence-corrected chi connectivity index (χ1v) is 6.41. The molecule has 2 unspecified atom stereocenters. The van der Waals surface area contributed by atoms with Crippen LogP contribution in [0.2, 0.25) is 0 Å². The molecule has 1 aliphatic rings. The van der Waals surface area contributed by atoms with Gasteiger partial charge in [-0.3, -0.25) is 16.3 Å². The Morgan fingerprint density at radius 3 is 3.00 bits per heavy atom. The minimum atomic E-state index is 0.0265. The molecule has 0 radical (unpaired) electrons. The average Bonchev–Trinajstić information content (AvgIpc) is 2.84. The van der Waals surface area contributed by atoms with Gasteiger partial charge in [0.2, 0.25) is 5.88 Å². The Balaban J connectivity index is 2.24. The van der Waals surface area contributed by atoms with Crippen molar-refractivity contribution in [3.8, 4) is 5.88 Å². The third-order valence-electron chi connectivity index (χ3n) is 2.80. The highest BCUT2D eigenvalue weighted by atomic mass is 32.2. The van der Waals surface area contributed by atoms with Crippen LogP contribution in [0.15, 0.2) is 12.4 Å². The van der Waals surface area contributed by atoms with Crippen LogP contribution in [0.3, 0.4) is 0 Å². The van der Waals surface area contributed by atoms with E-state index in [9.17, 15) is 0 Å². The number of hydrogen-bond donors (Lipinski definition) is 2. The van der Waals surface area contributed by atoms with Gasteiger partial charge < -0.3 is 4.74 Å². The Kier molecular flexibility index (Phi) is 3.98. The van der Waals surface area contributed by atoms with E-state index in [0.717, 1.165) is 17.9 Å². The van der Waals surface area contributed by atoms with E-state index in [1.165, 1.54) is 5.75 Å².